The molecular weight excluding hydrogens is 267 g/mol. The third-order valence-corrected chi connectivity index (χ3v) is 1.96. The second-order valence-electron chi connectivity index (χ2n) is 2.31. The van der Waals surface area contributed by atoms with Crippen molar-refractivity contribution in [3.05, 3.63) is 22.4 Å². The molecule has 0 aliphatic rings. The first-order valence-corrected chi connectivity index (χ1v) is 4.22. The molecule has 0 unspecified atom stereocenters. The van der Waals surface area contributed by atoms with Crippen LogP contribution in [-0.2, 0) is 6.61 Å². The summed E-state index contributed by atoms with van der Waals surface area (Å²) in [6, 6.07) is 1.09. The Kier molecular flexibility index (Phi) is 3.33. The zero-order chi connectivity index (χ0) is 10.8. The molecule has 0 spiro atoms. The molecule has 0 radical (unpaired) electrons. The van der Waals surface area contributed by atoms with Gasteiger partial charge in [-0.25, -0.2) is 0 Å². The third-order valence-electron chi connectivity index (χ3n) is 1.28. The lowest BCUT2D eigenvalue weighted by Crippen LogP contribution is -2.17. The van der Waals surface area contributed by atoms with Gasteiger partial charge >= 0.3 is 6.36 Å². The van der Waals surface area contributed by atoms with Gasteiger partial charge in [0.25, 0.3) is 0 Å². The molecule has 1 aromatic heterocycles. The number of pyridine rings is 1. The molecule has 1 aromatic rings. The van der Waals surface area contributed by atoms with E-state index in [4.69, 9.17) is 5.11 Å². The van der Waals surface area contributed by atoms with E-state index in [0.717, 1.165) is 12.3 Å². The van der Waals surface area contributed by atoms with Crippen LogP contribution in [0.3, 0.4) is 0 Å². The fraction of sp³-hybridized carbons (Fsp3) is 0.286. The van der Waals surface area contributed by atoms with E-state index in [0.29, 0.717) is 0 Å². The topological polar surface area (TPSA) is 42.4 Å². The second kappa shape index (κ2) is 4.14. The molecule has 3 nitrogen and oxygen atoms in total. The fourth-order valence-corrected chi connectivity index (χ4v) is 1.21. The van der Waals surface area contributed by atoms with Gasteiger partial charge in [0.05, 0.1) is 18.5 Å². The first-order chi connectivity index (χ1) is 6.42. The number of aliphatic hydroxyl groups is 1. The van der Waals surface area contributed by atoms with Crippen LogP contribution in [0.2, 0.25) is 0 Å². The predicted octanol–water partition coefficient (Wildman–Crippen LogP) is 2.24. The largest absolute Gasteiger partial charge is 0.573 e. The quantitative estimate of drug-likeness (QED) is 0.897. The van der Waals surface area contributed by atoms with Crippen molar-refractivity contribution >= 4 is 15.9 Å². The van der Waals surface area contributed by atoms with E-state index in [1.807, 2.05) is 0 Å². The van der Waals surface area contributed by atoms with Crippen LogP contribution in [-0.4, -0.2) is 16.5 Å². The van der Waals surface area contributed by atoms with E-state index in [1.54, 1.807) is 0 Å². The number of ether oxygens (including phenoxy) is 1. The van der Waals surface area contributed by atoms with Gasteiger partial charge in [-0.3, -0.25) is 4.98 Å². The van der Waals surface area contributed by atoms with Crippen LogP contribution < -0.4 is 4.74 Å². The number of hydrogen-bond acceptors (Lipinski definition) is 3. The number of nitrogens with zero attached hydrogens (tertiary/aromatic N) is 1. The molecule has 0 saturated carbocycles. The summed E-state index contributed by atoms with van der Waals surface area (Å²) in [5.74, 6) is -0.429. The highest BCUT2D eigenvalue weighted by molar-refractivity contribution is 9.10. The Hall–Kier alpha value is -0.820. The Balaban J connectivity index is 2.87. The maximum atomic E-state index is 11.7. The van der Waals surface area contributed by atoms with Crippen LogP contribution in [0.4, 0.5) is 13.2 Å². The van der Waals surface area contributed by atoms with Crippen molar-refractivity contribution in [3.8, 4) is 5.75 Å². The fourth-order valence-electron chi connectivity index (χ4n) is 0.754. The van der Waals surface area contributed by atoms with E-state index >= 15 is 0 Å². The highest BCUT2D eigenvalue weighted by atomic mass is 79.9. The minimum atomic E-state index is -4.73. The number of alkyl halides is 3. The predicted molar refractivity (Wildman–Crippen MR) is 44.5 cm³/mol. The molecule has 14 heavy (non-hydrogen) atoms. The average molecular weight is 272 g/mol. The molecule has 0 aromatic carbocycles. The van der Waals surface area contributed by atoms with Gasteiger partial charge in [-0.1, -0.05) is 0 Å². The molecule has 0 saturated heterocycles. The van der Waals surface area contributed by atoms with Crippen LogP contribution >= 0.6 is 15.9 Å². The number of hydrogen-bond donors (Lipinski definition) is 1. The Morgan fingerprint density at radius 3 is 2.57 bits per heavy atom. The number of halogens is 4. The minimum Gasteiger partial charge on any atom is -0.404 e. The standard InChI is InChI=1S/C7H5BrF3NO2/c8-5-1-4(14-7(9,10)11)2-12-6(5)3-13/h1-2,13H,3H2. The van der Waals surface area contributed by atoms with Crippen molar-refractivity contribution in [1.29, 1.82) is 0 Å². The maximum absolute atomic E-state index is 11.7. The molecule has 1 rings (SSSR count). The Morgan fingerprint density at radius 1 is 1.50 bits per heavy atom. The van der Waals surface area contributed by atoms with E-state index < -0.39 is 12.1 Å². The van der Waals surface area contributed by atoms with Gasteiger partial charge in [0.15, 0.2) is 0 Å². The summed E-state index contributed by atoms with van der Waals surface area (Å²) in [6.07, 6.45) is -3.84. The van der Waals surface area contributed by atoms with E-state index in [1.165, 1.54) is 0 Å². The molecule has 0 fully saturated rings. The van der Waals surface area contributed by atoms with Gasteiger partial charge in [-0.15, -0.1) is 13.2 Å². The first-order valence-electron chi connectivity index (χ1n) is 3.43. The molecule has 0 amide bonds. The third kappa shape index (κ3) is 3.15. The highest BCUT2D eigenvalue weighted by Crippen LogP contribution is 2.26. The normalized spacial score (nSPS) is 11.5. The summed E-state index contributed by atoms with van der Waals surface area (Å²) >= 11 is 2.94. The van der Waals surface area contributed by atoms with Gasteiger partial charge in [0, 0.05) is 4.47 Å². The number of aromatic nitrogens is 1. The van der Waals surface area contributed by atoms with Gasteiger partial charge < -0.3 is 9.84 Å². The summed E-state index contributed by atoms with van der Waals surface area (Å²) < 4.78 is 39.1. The van der Waals surface area contributed by atoms with Crippen LogP contribution in [0.5, 0.6) is 5.75 Å². The summed E-state index contributed by atoms with van der Waals surface area (Å²) in [6.45, 7) is -0.354. The molecule has 0 aliphatic heterocycles. The maximum Gasteiger partial charge on any atom is 0.573 e. The summed E-state index contributed by atoms with van der Waals surface area (Å²) in [5, 5.41) is 8.69. The van der Waals surface area contributed by atoms with Crippen LogP contribution in [0.25, 0.3) is 0 Å². The summed E-state index contributed by atoms with van der Waals surface area (Å²) in [5.41, 5.74) is 0.250. The lowest BCUT2D eigenvalue weighted by Gasteiger charge is -2.09. The van der Waals surface area contributed by atoms with Crippen molar-refractivity contribution in [2.24, 2.45) is 0 Å². The van der Waals surface area contributed by atoms with Gasteiger partial charge in [0.1, 0.15) is 5.75 Å². The molecular formula is C7H5BrF3NO2. The first kappa shape index (κ1) is 11.3. The molecule has 0 aliphatic carbocycles. The van der Waals surface area contributed by atoms with Crippen LogP contribution in [0.15, 0.2) is 16.7 Å². The van der Waals surface area contributed by atoms with Crippen molar-refractivity contribution < 1.29 is 23.0 Å². The minimum absolute atomic E-state index is 0.250. The molecule has 1 N–H and O–H groups in total. The monoisotopic (exact) mass is 271 g/mol. The number of rotatable bonds is 2. The van der Waals surface area contributed by atoms with Gasteiger partial charge in [-0.2, -0.15) is 0 Å². The molecule has 78 valence electrons. The average Bonchev–Trinajstić information content (AvgIpc) is 2.01. The van der Waals surface area contributed by atoms with E-state index in [-0.39, 0.29) is 16.8 Å². The lowest BCUT2D eigenvalue weighted by atomic mass is 10.3. The zero-order valence-electron chi connectivity index (χ0n) is 6.68. The summed E-state index contributed by atoms with van der Waals surface area (Å²) in [7, 11) is 0. The Bertz CT molecular complexity index is 329. The second-order valence-corrected chi connectivity index (χ2v) is 3.16. The van der Waals surface area contributed by atoms with Crippen LogP contribution in [0, 0.1) is 0 Å². The SMILES string of the molecule is OCc1ncc(OC(F)(F)F)cc1Br. The highest BCUT2D eigenvalue weighted by Gasteiger charge is 2.31. The lowest BCUT2D eigenvalue weighted by molar-refractivity contribution is -0.274. The van der Waals surface area contributed by atoms with E-state index in [2.05, 4.69) is 25.7 Å². The molecule has 1 heterocycles. The van der Waals surface area contributed by atoms with Crippen LogP contribution in [0.1, 0.15) is 5.69 Å². The van der Waals surface area contributed by atoms with Crippen molar-refractivity contribution in [3.63, 3.8) is 0 Å². The van der Waals surface area contributed by atoms with Gasteiger partial charge in [-0.05, 0) is 22.0 Å². The van der Waals surface area contributed by atoms with Crippen molar-refractivity contribution in [1.82, 2.24) is 4.98 Å². The van der Waals surface area contributed by atoms with Gasteiger partial charge in [0.2, 0.25) is 0 Å². The molecule has 7 heteroatoms. The van der Waals surface area contributed by atoms with Crippen molar-refractivity contribution in [2.75, 3.05) is 0 Å². The Morgan fingerprint density at radius 2 is 2.14 bits per heavy atom. The van der Waals surface area contributed by atoms with E-state index in [9.17, 15) is 13.2 Å². The molecule has 0 atom stereocenters. The van der Waals surface area contributed by atoms with Crippen molar-refractivity contribution in [2.45, 2.75) is 13.0 Å². The summed E-state index contributed by atoms with van der Waals surface area (Å²) in [4.78, 5) is 3.56. The Labute approximate surface area is 85.7 Å². The zero-order valence-corrected chi connectivity index (χ0v) is 8.26. The number of aliphatic hydroxyl groups excluding tert-OH is 1. The smallest absolute Gasteiger partial charge is 0.404 e. The molecule has 0 bridgehead atoms.